The Kier molecular flexibility index (Phi) is 26.7. The van der Waals surface area contributed by atoms with Gasteiger partial charge in [-0.25, -0.2) is 56.3 Å². The number of aromatic nitrogens is 15. The van der Waals surface area contributed by atoms with Crippen molar-refractivity contribution < 1.29 is 32.5 Å². The first kappa shape index (κ1) is 80.9. The average Bonchev–Trinajstić information content (AvgIpc) is 1.65. The molecule has 0 spiro atoms. The quantitative estimate of drug-likeness (QED) is 0.0681. The number of anilines is 5. The second-order valence-corrected chi connectivity index (χ2v) is 29.5. The minimum Gasteiger partial charge on any atom is -0.494 e. The lowest BCUT2D eigenvalue weighted by Gasteiger charge is -2.18. The van der Waals surface area contributed by atoms with Crippen molar-refractivity contribution in [2.45, 2.75) is 45.1 Å². The van der Waals surface area contributed by atoms with Crippen LogP contribution in [-0.2, 0) is 0 Å². The predicted octanol–water partition coefficient (Wildman–Crippen LogP) is 12.2. The number of likely N-dealkylation sites (N-methyl/N-ethyl adjacent to an activating group) is 1. The zero-order valence-electron chi connectivity index (χ0n) is 66.9. The molecule has 0 saturated carbocycles. The molecule has 30 nitrogen and oxygen atoms in total. The molecule has 15 aromatic rings. The van der Waals surface area contributed by atoms with Gasteiger partial charge in [0.25, 0.3) is 0 Å². The molecule has 20 rings (SSSR count). The first-order chi connectivity index (χ1) is 59.0. The first-order valence-electron chi connectivity index (χ1n) is 40.7. The van der Waals surface area contributed by atoms with Gasteiger partial charge >= 0.3 is 0 Å². The van der Waals surface area contributed by atoms with Crippen LogP contribution in [0.3, 0.4) is 0 Å². The van der Waals surface area contributed by atoms with Crippen molar-refractivity contribution in [3.05, 3.63) is 212 Å². The number of benzene rings is 5. The Morgan fingerprint density at radius 1 is 0.392 bits per heavy atom. The lowest BCUT2D eigenvalue weighted by molar-refractivity contribution is 0.273. The van der Waals surface area contributed by atoms with Crippen molar-refractivity contribution in [1.82, 2.24) is 99.6 Å². The molecular formula is C87H96ClF2N25O5. The van der Waals surface area contributed by atoms with Crippen LogP contribution >= 0.6 is 11.6 Å². The van der Waals surface area contributed by atoms with Gasteiger partial charge in [0.15, 0.2) is 28.2 Å². The third kappa shape index (κ3) is 20.5. The number of fused-ring (bicyclic) bond motifs is 20. The maximum Gasteiger partial charge on any atom is 0.165 e. The van der Waals surface area contributed by atoms with Gasteiger partial charge in [0.1, 0.15) is 76.1 Å². The summed E-state index contributed by atoms with van der Waals surface area (Å²) < 4.78 is 66.7. The number of imidazole rings is 3. The third-order valence-electron chi connectivity index (χ3n) is 20.3. The Balaban J connectivity index is 0.000000112. The summed E-state index contributed by atoms with van der Waals surface area (Å²) >= 11 is 6.41. The molecule has 0 aliphatic carbocycles. The number of ether oxygens (including phenoxy) is 5. The van der Waals surface area contributed by atoms with Crippen molar-refractivity contribution in [1.29, 1.82) is 0 Å². The molecule has 1 atom stereocenters. The normalized spacial score (nSPS) is 16.1. The van der Waals surface area contributed by atoms with Gasteiger partial charge in [-0.3, -0.25) is 0 Å². The van der Waals surface area contributed by atoms with Crippen LogP contribution < -0.4 is 76.4 Å². The SMILES string of the molecule is CC1COc2cccc(c2)-c2cnn3ccc(nc23)NCCCN1.CN1CCNCCCOc2ccc(F)c(c2)-c2cnc3ccc1nn23.Clc1ccc2cc1-c1cnn3ccc(nc13)NCCNCCCO2.Fc1ccc2cc1-c1cnc3ccc(nn13)NCCNCCCO2.c1cc2cc(c1)-c1cnc3ccc(nn13)NCCNCCCO2. The molecule has 0 amide bonds. The van der Waals surface area contributed by atoms with Crippen molar-refractivity contribution in [3.8, 4) is 84.8 Å². The van der Waals surface area contributed by atoms with E-state index in [1.165, 1.54) is 12.1 Å². The maximum absolute atomic E-state index is 14.4. The summed E-state index contributed by atoms with van der Waals surface area (Å²) in [6.07, 6.45) is 17.3. The van der Waals surface area contributed by atoms with Gasteiger partial charge in [-0.05, 0) is 205 Å². The molecule has 9 N–H and O–H groups in total. The molecule has 5 aromatic carbocycles. The Hall–Kier alpha value is -12.9. The fourth-order valence-electron chi connectivity index (χ4n) is 14.0. The summed E-state index contributed by atoms with van der Waals surface area (Å²) in [6.45, 7) is 17.4. The Morgan fingerprint density at radius 2 is 0.858 bits per heavy atom. The van der Waals surface area contributed by atoms with Gasteiger partial charge in [-0.15, -0.1) is 15.3 Å². The lowest BCUT2D eigenvalue weighted by atomic mass is 10.1. The lowest BCUT2D eigenvalue weighted by Crippen LogP contribution is -2.33. The van der Waals surface area contributed by atoms with Gasteiger partial charge < -0.3 is 76.4 Å². The van der Waals surface area contributed by atoms with E-state index in [0.717, 1.165) is 221 Å². The number of halogens is 3. The molecule has 0 saturated heterocycles. The van der Waals surface area contributed by atoms with Gasteiger partial charge in [0, 0.05) is 123 Å². The molecule has 20 bridgehead atoms. The van der Waals surface area contributed by atoms with E-state index >= 15 is 0 Å². The fraction of sp³-hybridized carbons (Fsp3) is 0.310. The fourth-order valence-corrected chi connectivity index (χ4v) is 14.2. The van der Waals surface area contributed by atoms with Crippen LogP contribution in [0.15, 0.2) is 195 Å². The number of hydrogen-bond acceptors (Lipinski definition) is 25. The molecule has 1 unspecified atom stereocenters. The summed E-state index contributed by atoms with van der Waals surface area (Å²) in [6, 6.07) is 47.1. The van der Waals surface area contributed by atoms with E-state index in [4.69, 9.17) is 40.3 Å². The Morgan fingerprint density at radius 3 is 1.45 bits per heavy atom. The summed E-state index contributed by atoms with van der Waals surface area (Å²) in [5.41, 5.74) is 11.7. The minimum absolute atomic E-state index is 0.306. The van der Waals surface area contributed by atoms with Gasteiger partial charge in [0.2, 0.25) is 0 Å². The van der Waals surface area contributed by atoms with Gasteiger partial charge in [-0.2, -0.15) is 10.2 Å². The zero-order chi connectivity index (χ0) is 81.8. The minimum atomic E-state index is -0.324. The highest BCUT2D eigenvalue weighted by molar-refractivity contribution is 6.33. The molecule has 120 heavy (non-hydrogen) atoms. The number of nitrogens with one attached hydrogen (secondary N) is 9. The van der Waals surface area contributed by atoms with E-state index in [9.17, 15) is 8.78 Å². The van der Waals surface area contributed by atoms with Crippen LogP contribution in [-0.4, -0.2) is 211 Å². The number of rotatable bonds is 0. The molecular weight excluding hydrogens is 1550 g/mol. The summed E-state index contributed by atoms with van der Waals surface area (Å²) in [4.78, 5) is 24.6. The highest BCUT2D eigenvalue weighted by Gasteiger charge is 2.21. The number of hydrogen-bond donors (Lipinski definition) is 9. The summed E-state index contributed by atoms with van der Waals surface area (Å²) in [5, 5.41) is 53.6. The monoisotopic (exact) mass is 1640 g/mol. The highest BCUT2D eigenvalue weighted by atomic mass is 35.5. The van der Waals surface area contributed by atoms with E-state index in [1.54, 1.807) is 60.9 Å². The van der Waals surface area contributed by atoms with Crippen LogP contribution in [0.5, 0.6) is 28.7 Å². The standard InChI is InChI=1S/C18H20FN5O.C18H21N5O.C17H18ClN5O.C17H18FN5O.C17H19N5O/c1-23-9-8-20-7-2-10-25-13-3-4-15(19)14(11-13)16-12-21-17-5-6-18(23)22-24(16)17;1-13-12-24-15-5-2-4-14(10-15)16-11-21-23-9-6-17(22-18(16)23)20-8-3-7-19-13;18-15-3-2-12-10-13(15)14-11-21-23-8-4-16(22-17(14)23)20-7-6-19-5-1-9-24-12;18-14-3-2-12-10-13(14)15-11-21-17-5-4-16(22-23(15)17)20-8-7-19-6-1-9-24-12;1-3-13-11-14(4-1)23-10-2-7-18-8-9-19-16-5-6-17-20-12-15(13)22(17)21-16/h3-6,11-12,20H,2,7-10H2,1H3;2,4-6,9-11,13,19H,3,7-8,12H2,1H3,(H,20,22);2-4,8,10-11,19H,1,5-7,9H2,(H,20,22);2-5,10-11,19H,1,6-9H2,(H,20,22);1,3-6,11-12,18H,2,7-10H2,(H,19,21). The summed E-state index contributed by atoms with van der Waals surface area (Å²) in [7, 11) is 1.99. The number of nitrogens with zero attached hydrogens (tertiary/aromatic N) is 16. The van der Waals surface area contributed by atoms with Crippen molar-refractivity contribution in [2.24, 2.45) is 0 Å². The van der Waals surface area contributed by atoms with E-state index in [2.05, 4.69) is 117 Å². The average molecular weight is 1650 g/mol. The maximum atomic E-state index is 14.4. The predicted molar refractivity (Wildman–Crippen MR) is 464 cm³/mol. The topological polar surface area (TPSA) is 309 Å². The smallest absolute Gasteiger partial charge is 0.165 e. The molecule has 5 aliphatic rings. The van der Waals surface area contributed by atoms with Gasteiger partial charge in [-0.1, -0.05) is 35.9 Å². The molecule has 0 radical (unpaired) electrons. The zero-order valence-corrected chi connectivity index (χ0v) is 67.6. The third-order valence-corrected chi connectivity index (χ3v) is 20.6. The van der Waals surface area contributed by atoms with E-state index < -0.39 is 0 Å². The van der Waals surface area contributed by atoms with Crippen LogP contribution in [0.4, 0.5) is 37.9 Å². The van der Waals surface area contributed by atoms with E-state index in [0.29, 0.717) is 89.4 Å². The largest absolute Gasteiger partial charge is 0.494 e. The second kappa shape index (κ2) is 39.6. The Bertz CT molecular complexity index is 5800. The Labute approximate surface area is 696 Å². The van der Waals surface area contributed by atoms with Crippen LogP contribution in [0.1, 0.15) is 39.0 Å². The molecule has 5 aliphatic heterocycles. The van der Waals surface area contributed by atoms with E-state index in [1.807, 2.05) is 139 Å². The molecule has 0 fully saturated rings. The van der Waals surface area contributed by atoms with E-state index in [-0.39, 0.29) is 11.6 Å². The van der Waals surface area contributed by atoms with Crippen molar-refractivity contribution >= 4 is 68.9 Å². The van der Waals surface area contributed by atoms with Crippen LogP contribution in [0.2, 0.25) is 5.02 Å². The summed E-state index contributed by atoms with van der Waals surface area (Å²) in [5.74, 6) is 7.28. The second-order valence-electron chi connectivity index (χ2n) is 29.1. The van der Waals surface area contributed by atoms with Crippen molar-refractivity contribution in [2.75, 3.05) is 158 Å². The molecule has 15 heterocycles. The first-order valence-corrected chi connectivity index (χ1v) is 41.1. The van der Waals surface area contributed by atoms with Gasteiger partial charge in [0.05, 0.1) is 74.5 Å². The van der Waals surface area contributed by atoms with Crippen molar-refractivity contribution in [3.63, 3.8) is 0 Å². The molecule has 33 heteroatoms. The van der Waals surface area contributed by atoms with Crippen LogP contribution in [0.25, 0.3) is 84.3 Å². The highest BCUT2D eigenvalue weighted by Crippen LogP contribution is 2.36. The molecule has 10 aromatic heterocycles. The molecule has 620 valence electrons. The van der Waals surface area contributed by atoms with Crippen LogP contribution in [0, 0.1) is 11.6 Å².